The summed E-state index contributed by atoms with van der Waals surface area (Å²) in [6, 6.07) is 8.47. The van der Waals surface area contributed by atoms with Gasteiger partial charge >= 0.3 is 0 Å². The summed E-state index contributed by atoms with van der Waals surface area (Å²) in [6.07, 6.45) is -1.28. The molecule has 33 heavy (non-hydrogen) atoms. The number of nitro benzene ring substituents is 1. The molecule has 0 radical (unpaired) electrons. The van der Waals surface area contributed by atoms with Gasteiger partial charge in [0.1, 0.15) is 6.17 Å². The summed E-state index contributed by atoms with van der Waals surface area (Å²) in [4.78, 5) is 23.3. The molecule has 0 aliphatic heterocycles. The van der Waals surface area contributed by atoms with Gasteiger partial charge in [-0.2, -0.15) is 0 Å². The maximum Gasteiger partial charge on any atom is 0.271 e. The van der Waals surface area contributed by atoms with Crippen LogP contribution < -0.4 is 30.2 Å². The molecule has 0 aliphatic rings. The van der Waals surface area contributed by atoms with Crippen LogP contribution in [0.3, 0.4) is 0 Å². The summed E-state index contributed by atoms with van der Waals surface area (Å²) in [5, 5.41) is 18.8. The van der Waals surface area contributed by atoms with Gasteiger partial charge in [-0.05, 0) is 30.4 Å². The number of amides is 1. The van der Waals surface area contributed by atoms with Crippen molar-refractivity contribution in [2.75, 3.05) is 26.6 Å². The molecule has 2 aromatic rings. The van der Waals surface area contributed by atoms with Crippen LogP contribution in [0.25, 0.3) is 0 Å². The third-order valence-electron chi connectivity index (χ3n) is 4.12. The van der Waals surface area contributed by atoms with Crippen LogP contribution in [-0.4, -0.2) is 47.2 Å². The molecule has 0 aromatic heterocycles. The molecule has 0 saturated carbocycles. The molecule has 0 saturated heterocycles. The van der Waals surface area contributed by atoms with Crippen LogP contribution in [0.1, 0.15) is 10.4 Å². The number of nitro groups is 1. The zero-order valence-electron chi connectivity index (χ0n) is 17.5. The van der Waals surface area contributed by atoms with Crippen LogP contribution in [0.5, 0.6) is 17.2 Å². The summed E-state index contributed by atoms with van der Waals surface area (Å²) < 4.78 is 13.7. The minimum absolute atomic E-state index is 0.0583. The fourth-order valence-corrected chi connectivity index (χ4v) is 3.18. The fourth-order valence-electron chi connectivity index (χ4n) is 2.62. The van der Waals surface area contributed by atoms with Crippen LogP contribution >= 0.6 is 47.0 Å². The van der Waals surface area contributed by atoms with Crippen molar-refractivity contribution in [3.8, 4) is 17.2 Å². The monoisotopic (exact) mass is 536 g/mol. The Kier molecular flexibility index (Phi) is 9.17. The maximum absolute atomic E-state index is 12.9. The van der Waals surface area contributed by atoms with Gasteiger partial charge in [0.2, 0.25) is 9.54 Å². The van der Waals surface area contributed by atoms with Gasteiger partial charge in [-0.1, -0.05) is 40.9 Å². The normalized spacial score (nSPS) is 11.7. The molecule has 0 bridgehead atoms. The van der Waals surface area contributed by atoms with Crippen molar-refractivity contribution in [1.29, 1.82) is 0 Å². The van der Waals surface area contributed by atoms with Crippen molar-refractivity contribution in [3.63, 3.8) is 0 Å². The molecule has 0 spiro atoms. The van der Waals surface area contributed by atoms with Gasteiger partial charge in [0.05, 0.1) is 26.3 Å². The van der Waals surface area contributed by atoms with E-state index in [9.17, 15) is 14.9 Å². The van der Waals surface area contributed by atoms with E-state index in [0.717, 1.165) is 0 Å². The van der Waals surface area contributed by atoms with Crippen molar-refractivity contribution in [2.24, 2.45) is 0 Å². The number of thiocarbonyl (C=S) groups is 1. The molecule has 1 atom stereocenters. The van der Waals surface area contributed by atoms with Crippen molar-refractivity contribution >= 4 is 69.4 Å². The quantitative estimate of drug-likeness (QED) is 0.150. The van der Waals surface area contributed by atoms with E-state index < -0.39 is 20.8 Å². The number of hydrogen-bond donors (Lipinski definition) is 3. The van der Waals surface area contributed by atoms with Crippen LogP contribution in [-0.2, 0) is 0 Å². The van der Waals surface area contributed by atoms with E-state index in [1.165, 1.54) is 51.7 Å². The molecule has 2 aromatic carbocycles. The summed E-state index contributed by atoms with van der Waals surface area (Å²) in [5.41, 5.74) is 0.306. The number of halogens is 3. The Hall–Kier alpha value is -2.73. The Bertz CT molecular complexity index is 1030. The lowest BCUT2D eigenvalue weighted by molar-refractivity contribution is -0.384. The number of nitrogens with one attached hydrogen (secondary N) is 3. The third kappa shape index (κ3) is 7.13. The van der Waals surface area contributed by atoms with Crippen molar-refractivity contribution in [3.05, 3.63) is 52.1 Å². The zero-order valence-corrected chi connectivity index (χ0v) is 20.6. The van der Waals surface area contributed by atoms with Crippen LogP contribution in [0, 0.1) is 10.1 Å². The summed E-state index contributed by atoms with van der Waals surface area (Å²) >= 11 is 23.2. The van der Waals surface area contributed by atoms with E-state index >= 15 is 0 Å². The number of non-ortho nitro benzene ring substituents is 1. The number of alkyl halides is 3. The molecule has 14 heteroatoms. The molecule has 10 nitrogen and oxygen atoms in total. The second-order valence-corrected chi connectivity index (χ2v) is 9.05. The lowest BCUT2D eigenvalue weighted by Crippen LogP contribution is -2.56. The summed E-state index contributed by atoms with van der Waals surface area (Å²) in [6.45, 7) is 0. The maximum atomic E-state index is 12.9. The van der Waals surface area contributed by atoms with Crippen molar-refractivity contribution in [2.45, 2.75) is 9.96 Å². The molecular weight excluding hydrogens is 519 g/mol. The Morgan fingerprint density at radius 1 is 1.06 bits per heavy atom. The fraction of sp³-hybridized carbons (Fsp3) is 0.263. The number of benzene rings is 2. The van der Waals surface area contributed by atoms with Crippen molar-refractivity contribution in [1.82, 2.24) is 10.6 Å². The predicted molar refractivity (Wildman–Crippen MR) is 130 cm³/mol. The summed E-state index contributed by atoms with van der Waals surface area (Å²) in [5.74, 6) is 0.165. The minimum Gasteiger partial charge on any atom is -0.493 e. The minimum atomic E-state index is -2.02. The molecule has 1 amide bonds. The molecule has 0 unspecified atom stereocenters. The first-order valence-electron chi connectivity index (χ1n) is 8.99. The average Bonchev–Trinajstić information content (AvgIpc) is 2.76. The molecule has 0 heterocycles. The lowest BCUT2D eigenvalue weighted by Gasteiger charge is -2.28. The number of anilines is 1. The molecule has 0 aliphatic carbocycles. The van der Waals surface area contributed by atoms with Gasteiger partial charge in [-0.15, -0.1) is 0 Å². The van der Waals surface area contributed by atoms with Gasteiger partial charge in [0.25, 0.3) is 11.6 Å². The summed E-state index contributed by atoms with van der Waals surface area (Å²) in [7, 11) is 4.24. The van der Waals surface area contributed by atoms with Gasteiger partial charge in [-0.25, -0.2) is 0 Å². The van der Waals surface area contributed by atoms with E-state index in [-0.39, 0.29) is 27.9 Å². The first-order chi connectivity index (χ1) is 15.5. The average molecular weight is 538 g/mol. The predicted octanol–water partition coefficient (Wildman–Crippen LogP) is 4.03. The highest BCUT2D eigenvalue weighted by Crippen LogP contribution is 2.38. The SMILES string of the molecule is COc1cc(C(=O)N[C@H](NC(=S)Nc2cccc([N+](=O)[O-])c2)C(Cl)(Cl)Cl)cc(OC)c1OC. The second kappa shape index (κ2) is 11.4. The Morgan fingerprint density at radius 3 is 2.15 bits per heavy atom. The third-order valence-corrected chi connectivity index (χ3v) is 4.99. The zero-order chi connectivity index (χ0) is 24.8. The van der Waals surface area contributed by atoms with Gasteiger partial charge < -0.3 is 30.2 Å². The standard InChI is InChI=1S/C19H19Cl3N4O6S/c1-30-13-7-10(8-14(31-2)15(13)32-3)16(27)24-17(19(20,21)22)25-18(33)23-11-5-4-6-12(9-11)26(28)29/h4-9,17H,1-3H3,(H,24,27)(H2,23,25,33)/t17-/m1/s1. The molecule has 0 fully saturated rings. The second-order valence-electron chi connectivity index (χ2n) is 6.27. The van der Waals surface area contributed by atoms with Gasteiger partial charge in [0, 0.05) is 23.4 Å². The van der Waals surface area contributed by atoms with Gasteiger partial charge in [-0.3, -0.25) is 14.9 Å². The number of hydrogen-bond acceptors (Lipinski definition) is 7. The van der Waals surface area contributed by atoms with E-state index in [1.54, 1.807) is 6.07 Å². The first-order valence-corrected chi connectivity index (χ1v) is 10.5. The Labute approximate surface area is 209 Å². The molecule has 3 N–H and O–H groups in total. The van der Waals surface area contributed by atoms with E-state index in [0.29, 0.717) is 11.4 Å². The van der Waals surface area contributed by atoms with Gasteiger partial charge in [0.15, 0.2) is 16.6 Å². The van der Waals surface area contributed by atoms with E-state index in [4.69, 9.17) is 61.2 Å². The Morgan fingerprint density at radius 2 is 1.67 bits per heavy atom. The molecular formula is C19H19Cl3N4O6S. The number of nitrogens with zero attached hydrogens (tertiary/aromatic N) is 1. The number of ether oxygens (including phenoxy) is 3. The Balaban J connectivity index is 2.21. The molecule has 178 valence electrons. The number of methoxy groups -OCH3 is 3. The highest BCUT2D eigenvalue weighted by atomic mass is 35.6. The smallest absolute Gasteiger partial charge is 0.271 e. The van der Waals surface area contributed by atoms with E-state index in [2.05, 4.69) is 16.0 Å². The molecule has 2 rings (SSSR count). The van der Waals surface area contributed by atoms with Crippen molar-refractivity contribution < 1.29 is 23.9 Å². The number of carbonyl (C=O) groups is 1. The number of carbonyl (C=O) groups excluding carboxylic acids is 1. The lowest BCUT2D eigenvalue weighted by atomic mass is 10.1. The highest BCUT2D eigenvalue weighted by Gasteiger charge is 2.35. The largest absolute Gasteiger partial charge is 0.493 e. The van der Waals surface area contributed by atoms with Crippen LogP contribution in [0.2, 0.25) is 0 Å². The van der Waals surface area contributed by atoms with Crippen LogP contribution in [0.4, 0.5) is 11.4 Å². The number of rotatable bonds is 8. The first kappa shape index (κ1) is 26.5. The topological polar surface area (TPSA) is 124 Å². The van der Waals surface area contributed by atoms with Crippen LogP contribution in [0.15, 0.2) is 36.4 Å². The van der Waals surface area contributed by atoms with E-state index in [1.807, 2.05) is 0 Å². The highest BCUT2D eigenvalue weighted by molar-refractivity contribution is 7.80.